The van der Waals surface area contributed by atoms with Gasteiger partial charge in [0.25, 0.3) is 12.3 Å². The number of benzene rings is 1. The summed E-state index contributed by atoms with van der Waals surface area (Å²) >= 11 is 0. The molecule has 2 aromatic heterocycles. The van der Waals surface area contributed by atoms with Gasteiger partial charge in [-0.2, -0.15) is 5.10 Å². The first-order valence-corrected chi connectivity index (χ1v) is 7.49. The number of nitrogens with one attached hydrogen (secondary N) is 1. The summed E-state index contributed by atoms with van der Waals surface area (Å²) in [5.41, 5.74) is 2.54. The minimum Gasteiger partial charge on any atom is -0.303 e. The molecule has 0 aliphatic rings. The van der Waals surface area contributed by atoms with Crippen molar-refractivity contribution in [1.82, 2.24) is 24.8 Å². The molecule has 25 heavy (non-hydrogen) atoms. The molecule has 0 fully saturated rings. The average molecular weight is 346 g/mol. The number of hydrogen-bond acceptors (Lipinski definition) is 4. The van der Waals surface area contributed by atoms with Crippen LogP contribution in [-0.2, 0) is 7.05 Å². The third kappa shape index (κ3) is 3.25. The number of alkyl halides is 2. The molecule has 7 nitrogen and oxygen atoms in total. The van der Waals surface area contributed by atoms with Gasteiger partial charge in [0.2, 0.25) is 0 Å². The van der Waals surface area contributed by atoms with E-state index < -0.39 is 18.0 Å². The van der Waals surface area contributed by atoms with Gasteiger partial charge >= 0.3 is 0 Å². The molecule has 1 amide bonds. The van der Waals surface area contributed by atoms with Crippen LogP contribution in [0.1, 0.15) is 33.9 Å². The van der Waals surface area contributed by atoms with E-state index in [1.165, 1.54) is 7.05 Å². The third-order valence-corrected chi connectivity index (χ3v) is 3.69. The van der Waals surface area contributed by atoms with Crippen LogP contribution in [0.15, 0.2) is 30.3 Å². The Hall–Kier alpha value is -3.10. The lowest BCUT2D eigenvalue weighted by molar-refractivity contribution is 0.102. The van der Waals surface area contributed by atoms with Crippen LogP contribution < -0.4 is 5.32 Å². The van der Waals surface area contributed by atoms with E-state index in [0.29, 0.717) is 5.56 Å². The van der Waals surface area contributed by atoms with Crippen molar-refractivity contribution in [3.05, 3.63) is 53.0 Å². The smallest absolute Gasteiger partial charge is 0.283 e. The number of hydrogen-bond donors (Lipinski definition) is 1. The minimum atomic E-state index is -2.79. The van der Waals surface area contributed by atoms with E-state index in [4.69, 9.17) is 0 Å². The zero-order valence-corrected chi connectivity index (χ0v) is 13.9. The number of amides is 1. The maximum Gasteiger partial charge on any atom is 0.283 e. The largest absolute Gasteiger partial charge is 0.303 e. The van der Waals surface area contributed by atoms with Gasteiger partial charge in [0.15, 0.2) is 5.82 Å². The molecule has 0 radical (unpaired) electrons. The highest BCUT2D eigenvalue weighted by Crippen LogP contribution is 2.24. The Morgan fingerprint density at radius 1 is 1.20 bits per heavy atom. The predicted octanol–water partition coefficient (Wildman–Crippen LogP) is 2.81. The molecule has 0 saturated carbocycles. The topological polar surface area (TPSA) is 77.6 Å². The molecule has 1 N–H and O–H groups in total. The highest BCUT2D eigenvalue weighted by atomic mass is 19.3. The standard InChI is InChI=1S/C16H16F2N6O/c1-9-8-10(2)24(21-9)12-6-4-11(5-7-12)16(25)19-15-13(14(17)18)23(3)22-20-15/h4-8,14H,1-3H3,(H,19,25). The van der Waals surface area contributed by atoms with Gasteiger partial charge in [-0.1, -0.05) is 5.21 Å². The Labute approximate surface area is 142 Å². The molecule has 0 aliphatic carbocycles. The molecule has 130 valence electrons. The molecule has 0 aliphatic heterocycles. The fourth-order valence-corrected chi connectivity index (χ4v) is 2.52. The summed E-state index contributed by atoms with van der Waals surface area (Å²) in [7, 11) is 1.34. The van der Waals surface area contributed by atoms with Crippen molar-refractivity contribution in [2.75, 3.05) is 5.32 Å². The van der Waals surface area contributed by atoms with Crippen LogP contribution in [0.4, 0.5) is 14.6 Å². The molecule has 0 bridgehead atoms. The molecule has 3 aromatic rings. The van der Waals surface area contributed by atoms with Crippen LogP contribution in [0.25, 0.3) is 5.69 Å². The summed E-state index contributed by atoms with van der Waals surface area (Å²) in [6.45, 7) is 3.83. The van der Waals surface area contributed by atoms with Gasteiger partial charge < -0.3 is 5.32 Å². The van der Waals surface area contributed by atoms with E-state index in [0.717, 1.165) is 21.8 Å². The average Bonchev–Trinajstić information content (AvgIpc) is 3.09. The highest BCUT2D eigenvalue weighted by molar-refractivity contribution is 6.04. The Morgan fingerprint density at radius 2 is 1.88 bits per heavy atom. The molecular formula is C16H16F2N6O. The van der Waals surface area contributed by atoms with Crippen LogP contribution in [0, 0.1) is 13.8 Å². The molecular weight excluding hydrogens is 330 g/mol. The number of rotatable bonds is 4. The lowest BCUT2D eigenvalue weighted by Gasteiger charge is -2.07. The van der Waals surface area contributed by atoms with Crippen LogP contribution in [0.5, 0.6) is 0 Å². The second kappa shape index (κ2) is 6.42. The lowest BCUT2D eigenvalue weighted by atomic mass is 10.2. The van der Waals surface area contributed by atoms with Crippen molar-refractivity contribution < 1.29 is 13.6 Å². The van der Waals surface area contributed by atoms with Crippen molar-refractivity contribution in [2.24, 2.45) is 7.05 Å². The number of halogens is 2. The number of carbonyl (C=O) groups excluding carboxylic acids is 1. The minimum absolute atomic E-state index is 0.245. The molecule has 1 aromatic carbocycles. The number of nitrogens with zero attached hydrogens (tertiary/aromatic N) is 5. The van der Waals surface area contributed by atoms with E-state index in [-0.39, 0.29) is 5.82 Å². The van der Waals surface area contributed by atoms with Gasteiger partial charge in [-0.25, -0.2) is 18.1 Å². The Morgan fingerprint density at radius 3 is 2.44 bits per heavy atom. The van der Waals surface area contributed by atoms with Crippen LogP contribution in [0.2, 0.25) is 0 Å². The summed E-state index contributed by atoms with van der Waals surface area (Å²) in [5.74, 6) is -0.785. The zero-order valence-electron chi connectivity index (χ0n) is 13.9. The van der Waals surface area contributed by atoms with Gasteiger partial charge in [-0.15, -0.1) is 5.10 Å². The Kier molecular flexibility index (Phi) is 4.30. The molecule has 0 spiro atoms. The summed E-state index contributed by atoms with van der Waals surface area (Å²) in [6.07, 6.45) is -2.79. The molecule has 0 unspecified atom stereocenters. The lowest BCUT2D eigenvalue weighted by Crippen LogP contribution is -2.14. The van der Waals surface area contributed by atoms with Crippen LogP contribution in [0.3, 0.4) is 0 Å². The van der Waals surface area contributed by atoms with Gasteiger partial charge in [0, 0.05) is 18.3 Å². The summed E-state index contributed by atoms with van der Waals surface area (Å²) in [4.78, 5) is 12.3. The second-order valence-electron chi connectivity index (χ2n) is 5.59. The zero-order chi connectivity index (χ0) is 18.1. The van der Waals surface area contributed by atoms with E-state index in [1.54, 1.807) is 28.9 Å². The van der Waals surface area contributed by atoms with E-state index >= 15 is 0 Å². The van der Waals surface area contributed by atoms with Gasteiger partial charge in [-0.05, 0) is 44.2 Å². The quantitative estimate of drug-likeness (QED) is 0.788. The van der Waals surface area contributed by atoms with Gasteiger partial charge in [0.05, 0.1) is 11.4 Å². The number of aryl methyl sites for hydroxylation is 3. The van der Waals surface area contributed by atoms with Crippen molar-refractivity contribution in [1.29, 1.82) is 0 Å². The van der Waals surface area contributed by atoms with E-state index in [1.807, 2.05) is 19.9 Å². The highest BCUT2D eigenvalue weighted by Gasteiger charge is 2.22. The monoisotopic (exact) mass is 346 g/mol. The normalized spacial score (nSPS) is 11.1. The third-order valence-electron chi connectivity index (χ3n) is 3.69. The van der Waals surface area contributed by atoms with Crippen molar-refractivity contribution >= 4 is 11.7 Å². The summed E-state index contributed by atoms with van der Waals surface area (Å²) < 4.78 is 28.7. The summed E-state index contributed by atoms with van der Waals surface area (Å²) in [6, 6.07) is 8.61. The fraction of sp³-hybridized carbons (Fsp3) is 0.250. The SMILES string of the molecule is Cc1cc(C)n(-c2ccc(C(=O)Nc3nnn(C)c3C(F)F)cc2)n1. The van der Waals surface area contributed by atoms with Crippen LogP contribution >= 0.6 is 0 Å². The number of carbonyl (C=O) groups is 1. The first kappa shape index (κ1) is 16.7. The Balaban J connectivity index is 1.81. The molecule has 0 atom stereocenters. The fourth-order valence-electron chi connectivity index (χ4n) is 2.52. The molecule has 9 heteroatoms. The predicted molar refractivity (Wildman–Crippen MR) is 87.0 cm³/mol. The molecule has 0 saturated heterocycles. The maximum atomic E-state index is 13.0. The maximum absolute atomic E-state index is 13.0. The van der Waals surface area contributed by atoms with Gasteiger partial charge in [-0.3, -0.25) is 4.79 Å². The first-order valence-electron chi connectivity index (χ1n) is 7.49. The number of aromatic nitrogens is 5. The van der Waals surface area contributed by atoms with Gasteiger partial charge in [0.1, 0.15) is 5.69 Å². The second-order valence-corrected chi connectivity index (χ2v) is 5.59. The van der Waals surface area contributed by atoms with E-state index in [2.05, 4.69) is 20.7 Å². The first-order chi connectivity index (χ1) is 11.9. The molecule has 3 rings (SSSR count). The van der Waals surface area contributed by atoms with E-state index in [9.17, 15) is 13.6 Å². The Bertz CT molecular complexity index is 913. The van der Waals surface area contributed by atoms with Crippen molar-refractivity contribution in [3.8, 4) is 5.69 Å². The molecule has 2 heterocycles. The van der Waals surface area contributed by atoms with Crippen LogP contribution in [-0.4, -0.2) is 30.7 Å². The number of anilines is 1. The van der Waals surface area contributed by atoms with Crippen molar-refractivity contribution in [2.45, 2.75) is 20.3 Å². The van der Waals surface area contributed by atoms with Crippen molar-refractivity contribution in [3.63, 3.8) is 0 Å². The summed E-state index contributed by atoms with van der Waals surface area (Å²) in [5, 5.41) is 13.8.